The largest absolute Gasteiger partial charge is 0.277 e. The third-order valence-electron chi connectivity index (χ3n) is 3.91. The van der Waals surface area contributed by atoms with Gasteiger partial charge in [-0.05, 0) is 35.7 Å². The SMILES string of the molecule is c1ccc2sc(-c3n[nH]c4ccc(-c5ncn[nH]5)cc34)cc2c1. The summed E-state index contributed by atoms with van der Waals surface area (Å²) >= 11 is 1.75. The van der Waals surface area contributed by atoms with Crippen LogP contribution in [0, 0.1) is 0 Å². The second kappa shape index (κ2) is 4.76. The molecule has 5 rings (SSSR count). The highest BCUT2D eigenvalue weighted by Crippen LogP contribution is 2.36. The molecule has 0 amide bonds. The minimum Gasteiger partial charge on any atom is -0.277 e. The second-order valence-electron chi connectivity index (χ2n) is 5.32. The molecule has 5 nitrogen and oxygen atoms in total. The summed E-state index contributed by atoms with van der Waals surface area (Å²) < 4.78 is 1.27. The van der Waals surface area contributed by atoms with Crippen LogP contribution in [0.25, 0.3) is 42.9 Å². The zero-order valence-electron chi connectivity index (χ0n) is 11.9. The molecule has 0 spiro atoms. The van der Waals surface area contributed by atoms with Crippen LogP contribution in [-0.4, -0.2) is 25.4 Å². The highest BCUT2D eigenvalue weighted by molar-refractivity contribution is 7.22. The third kappa shape index (κ3) is 1.96. The van der Waals surface area contributed by atoms with Gasteiger partial charge in [0, 0.05) is 15.6 Å². The van der Waals surface area contributed by atoms with Gasteiger partial charge in [0.1, 0.15) is 12.0 Å². The first-order valence-electron chi connectivity index (χ1n) is 7.21. The molecule has 3 aromatic heterocycles. The molecule has 0 atom stereocenters. The van der Waals surface area contributed by atoms with Crippen LogP contribution in [0.3, 0.4) is 0 Å². The van der Waals surface area contributed by atoms with Crippen LogP contribution in [0.15, 0.2) is 54.9 Å². The predicted octanol–water partition coefficient (Wildman–Crippen LogP) is 4.23. The van der Waals surface area contributed by atoms with E-state index in [2.05, 4.69) is 61.8 Å². The molecule has 0 saturated carbocycles. The van der Waals surface area contributed by atoms with Gasteiger partial charge < -0.3 is 0 Å². The zero-order valence-corrected chi connectivity index (χ0v) is 12.8. The summed E-state index contributed by atoms with van der Waals surface area (Å²) in [5, 5.41) is 16.8. The molecule has 0 bridgehead atoms. The van der Waals surface area contributed by atoms with Crippen molar-refractivity contribution in [1.29, 1.82) is 0 Å². The number of aromatic amines is 2. The first-order valence-corrected chi connectivity index (χ1v) is 8.03. The van der Waals surface area contributed by atoms with Crippen molar-refractivity contribution in [2.45, 2.75) is 0 Å². The van der Waals surface area contributed by atoms with Gasteiger partial charge in [-0.2, -0.15) is 10.2 Å². The number of thiophene rings is 1. The number of nitrogens with one attached hydrogen (secondary N) is 2. The molecular formula is C17H11N5S. The van der Waals surface area contributed by atoms with Gasteiger partial charge in [-0.3, -0.25) is 10.2 Å². The fourth-order valence-corrected chi connectivity index (χ4v) is 3.86. The summed E-state index contributed by atoms with van der Waals surface area (Å²) in [6.07, 6.45) is 1.52. The molecule has 0 aliphatic carbocycles. The van der Waals surface area contributed by atoms with Crippen LogP contribution in [0.5, 0.6) is 0 Å². The van der Waals surface area contributed by atoms with E-state index >= 15 is 0 Å². The van der Waals surface area contributed by atoms with Gasteiger partial charge in [-0.1, -0.05) is 18.2 Å². The molecule has 0 radical (unpaired) electrons. The molecule has 0 unspecified atom stereocenters. The fraction of sp³-hybridized carbons (Fsp3) is 0. The smallest absolute Gasteiger partial charge is 0.155 e. The summed E-state index contributed by atoms with van der Waals surface area (Å²) in [5.41, 5.74) is 2.99. The Bertz CT molecular complexity index is 1090. The zero-order chi connectivity index (χ0) is 15.2. The lowest BCUT2D eigenvalue weighted by Crippen LogP contribution is -1.81. The number of fused-ring (bicyclic) bond motifs is 2. The van der Waals surface area contributed by atoms with E-state index in [4.69, 9.17) is 0 Å². The van der Waals surface area contributed by atoms with E-state index in [1.807, 2.05) is 12.1 Å². The van der Waals surface area contributed by atoms with E-state index in [-0.39, 0.29) is 0 Å². The van der Waals surface area contributed by atoms with Crippen molar-refractivity contribution in [3.63, 3.8) is 0 Å². The van der Waals surface area contributed by atoms with Crippen LogP contribution in [0.1, 0.15) is 0 Å². The van der Waals surface area contributed by atoms with Crippen molar-refractivity contribution < 1.29 is 0 Å². The van der Waals surface area contributed by atoms with Crippen molar-refractivity contribution in [2.75, 3.05) is 0 Å². The highest BCUT2D eigenvalue weighted by Gasteiger charge is 2.13. The molecule has 2 N–H and O–H groups in total. The van der Waals surface area contributed by atoms with E-state index in [9.17, 15) is 0 Å². The van der Waals surface area contributed by atoms with E-state index in [1.54, 1.807) is 11.3 Å². The van der Waals surface area contributed by atoms with Gasteiger partial charge in [0.25, 0.3) is 0 Å². The maximum absolute atomic E-state index is 4.52. The molecule has 5 aromatic rings. The Balaban J connectivity index is 1.73. The van der Waals surface area contributed by atoms with E-state index < -0.39 is 0 Å². The van der Waals surface area contributed by atoms with Gasteiger partial charge >= 0.3 is 0 Å². The third-order valence-corrected chi connectivity index (χ3v) is 5.03. The number of rotatable bonds is 2. The maximum atomic E-state index is 4.52. The molecule has 6 heteroatoms. The molecule has 23 heavy (non-hydrogen) atoms. The van der Waals surface area contributed by atoms with Gasteiger partial charge in [0.15, 0.2) is 5.82 Å². The number of nitrogens with zero attached hydrogens (tertiary/aromatic N) is 3. The predicted molar refractivity (Wildman–Crippen MR) is 92.3 cm³/mol. The summed E-state index contributed by atoms with van der Waals surface area (Å²) in [6, 6.07) is 16.7. The van der Waals surface area contributed by atoms with Gasteiger partial charge in [-0.25, -0.2) is 4.98 Å². The number of aromatic nitrogens is 5. The van der Waals surface area contributed by atoms with Crippen molar-refractivity contribution in [1.82, 2.24) is 25.4 Å². The Morgan fingerprint density at radius 1 is 0.957 bits per heavy atom. The molecular weight excluding hydrogens is 306 g/mol. The first kappa shape index (κ1) is 12.5. The van der Waals surface area contributed by atoms with Crippen LogP contribution in [0.4, 0.5) is 0 Å². The average Bonchev–Trinajstić information content (AvgIpc) is 3.32. The van der Waals surface area contributed by atoms with E-state index in [0.717, 1.165) is 32.9 Å². The first-order chi connectivity index (χ1) is 11.4. The Kier molecular flexibility index (Phi) is 2.59. The summed E-state index contributed by atoms with van der Waals surface area (Å²) in [7, 11) is 0. The molecule has 2 aromatic carbocycles. The number of H-pyrrole nitrogens is 2. The van der Waals surface area contributed by atoms with Gasteiger partial charge in [0.05, 0.1) is 10.4 Å². The Morgan fingerprint density at radius 2 is 1.91 bits per heavy atom. The van der Waals surface area contributed by atoms with Crippen LogP contribution >= 0.6 is 11.3 Å². The van der Waals surface area contributed by atoms with Crippen LogP contribution in [-0.2, 0) is 0 Å². The van der Waals surface area contributed by atoms with Gasteiger partial charge in [-0.15, -0.1) is 11.3 Å². The molecule has 0 saturated heterocycles. The number of hydrogen-bond donors (Lipinski definition) is 2. The molecule has 0 aliphatic rings. The summed E-state index contributed by atoms with van der Waals surface area (Å²) in [5.74, 6) is 0.760. The van der Waals surface area contributed by atoms with Crippen molar-refractivity contribution in [2.24, 2.45) is 0 Å². The van der Waals surface area contributed by atoms with E-state index in [0.29, 0.717) is 0 Å². The van der Waals surface area contributed by atoms with Crippen molar-refractivity contribution >= 4 is 32.3 Å². The quantitative estimate of drug-likeness (QED) is 0.512. The van der Waals surface area contributed by atoms with Crippen LogP contribution < -0.4 is 0 Å². The lowest BCUT2D eigenvalue weighted by Gasteiger charge is -1.98. The lowest BCUT2D eigenvalue weighted by atomic mass is 10.1. The minimum atomic E-state index is 0.760. The molecule has 0 fully saturated rings. The average molecular weight is 317 g/mol. The molecule has 3 heterocycles. The van der Waals surface area contributed by atoms with Crippen molar-refractivity contribution in [3.05, 3.63) is 54.9 Å². The summed E-state index contributed by atoms with van der Waals surface area (Å²) in [4.78, 5) is 5.38. The Morgan fingerprint density at radius 3 is 2.78 bits per heavy atom. The molecule has 0 aliphatic heterocycles. The Hall–Kier alpha value is -2.99. The standard InChI is InChI=1S/C17H11N5S/c1-2-4-14-10(3-1)8-15(23-14)16-12-7-11(17-18-9-19-22-17)5-6-13(12)20-21-16/h1-9H,(H,20,21)(H,18,19,22). The number of benzene rings is 2. The fourth-order valence-electron chi connectivity index (χ4n) is 2.79. The topological polar surface area (TPSA) is 70.2 Å². The van der Waals surface area contributed by atoms with E-state index in [1.165, 1.54) is 16.4 Å². The monoisotopic (exact) mass is 317 g/mol. The van der Waals surface area contributed by atoms with Crippen LogP contribution in [0.2, 0.25) is 0 Å². The maximum Gasteiger partial charge on any atom is 0.155 e. The minimum absolute atomic E-state index is 0.760. The highest BCUT2D eigenvalue weighted by atomic mass is 32.1. The Labute approximate surface area is 135 Å². The molecule has 110 valence electrons. The van der Waals surface area contributed by atoms with Gasteiger partial charge in [0.2, 0.25) is 0 Å². The van der Waals surface area contributed by atoms with Crippen molar-refractivity contribution in [3.8, 4) is 22.0 Å². The summed E-state index contributed by atoms with van der Waals surface area (Å²) in [6.45, 7) is 0. The normalized spacial score (nSPS) is 11.5. The lowest BCUT2D eigenvalue weighted by molar-refractivity contribution is 1.10. The number of hydrogen-bond acceptors (Lipinski definition) is 4. The second-order valence-corrected chi connectivity index (χ2v) is 6.40.